The van der Waals surface area contributed by atoms with Crippen molar-refractivity contribution in [3.8, 4) is 0 Å². The van der Waals surface area contributed by atoms with Crippen LogP contribution in [0.2, 0.25) is 0 Å². The molecular formula is C23H18N4O2S2. The molecule has 8 heteroatoms. The van der Waals surface area contributed by atoms with Crippen molar-refractivity contribution >= 4 is 54.0 Å². The lowest BCUT2D eigenvalue weighted by Gasteiger charge is -2.13. The van der Waals surface area contributed by atoms with Crippen LogP contribution in [0.5, 0.6) is 0 Å². The lowest BCUT2D eigenvalue weighted by atomic mass is 10.0. The van der Waals surface area contributed by atoms with E-state index in [0.29, 0.717) is 11.7 Å². The number of anilines is 2. The van der Waals surface area contributed by atoms with Crippen molar-refractivity contribution in [3.63, 3.8) is 0 Å². The Morgan fingerprint density at radius 3 is 2.10 bits per heavy atom. The van der Waals surface area contributed by atoms with Crippen molar-refractivity contribution in [2.75, 3.05) is 10.0 Å². The Labute approximate surface area is 183 Å². The predicted molar refractivity (Wildman–Crippen MR) is 126 cm³/mol. The third-order valence-electron chi connectivity index (χ3n) is 4.99. The quantitative estimate of drug-likeness (QED) is 0.348. The number of para-hydroxylation sites is 2. The summed E-state index contributed by atoms with van der Waals surface area (Å²) in [7, 11) is -3.66. The van der Waals surface area contributed by atoms with Crippen molar-refractivity contribution in [2.24, 2.45) is 0 Å². The molecule has 31 heavy (non-hydrogen) atoms. The molecule has 0 saturated heterocycles. The number of nitrogens with one attached hydrogen (secondary N) is 2. The van der Waals surface area contributed by atoms with Gasteiger partial charge in [0.2, 0.25) is 0 Å². The Kier molecular flexibility index (Phi) is 5.01. The molecule has 2 N–H and O–H groups in total. The molecule has 154 valence electrons. The van der Waals surface area contributed by atoms with E-state index >= 15 is 0 Å². The molecule has 0 saturated carbocycles. The highest BCUT2D eigenvalue weighted by Gasteiger charge is 2.15. The molecule has 5 rings (SSSR count). The molecule has 0 aliphatic rings. The Morgan fingerprint density at radius 2 is 1.48 bits per heavy atom. The van der Waals surface area contributed by atoms with E-state index in [1.54, 1.807) is 35.8 Å². The molecule has 3 aromatic carbocycles. The summed E-state index contributed by atoms with van der Waals surface area (Å²) >= 11 is 1.24. The molecule has 0 amide bonds. The van der Waals surface area contributed by atoms with E-state index in [2.05, 4.69) is 27.2 Å². The molecule has 6 nitrogen and oxygen atoms in total. The monoisotopic (exact) mass is 446 g/mol. The summed E-state index contributed by atoms with van der Waals surface area (Å²) in [5, 5.41) is 7.68. The highest BCUT2D eigenvalue weighted by Crippen LogP contribution is 2.27. The second-order valence-corrected chi connectivity index (χ2v) is 9.52. The van der Waals surface area contributed by atoms with Gasteiger partial charge < -0.3 is 5.32 Å². The number of pyridine rings is 1. The fourth-order valence-electron chi connectivity index (χ4n) is 3.51. The van der Waals surface area contributed by atoms with Crippen molar-refractivity contribution in [1.82, 2.24) is 9.97 Å². The zero-order chi connectivity index (χ0) is 21.3. The van der Waals surface area contributed by atoms with Crippen LogP contribution < -0.4 is 10.0 Å². The first-order chi connectivity index (χ1) is 15.1. The van der Waals surface area contributed by atoms with Crippen LogP contribution in [0, 0.1) is 0 Å². The average molecular weight is 447 g/mol. The molecule has 0 radical (unpaired) electrons. The molecule has 0 aliphatic heterocycles. The average Bonchev–Trinajstić information content (AvgIpc) is 3.29. The van der Waals surface area contributed by atoms with Gasteiger partial charge in [0.25, 0.3) is 10.0 Å². The summed E-state index contributed by atoms with van der Waals surface area (Å²) < 4.78 is 27.5. The number of nitrogens with zero attached hydrogens (tertiary/aromatic N) is 2. The van der Waals surface area contributed by atoms with E-state index in [-0.39, 0.29) is 4.90 Å². The molecule has 0 spiro atoms. The maximum atomic E-state index is 12.5. The molecule has 2 aromatic heterocycles. The molecule has 2 heterocycles. The Hall–Kier alpha value is -3.49. The van der Waals surface area contributed by atoms with Crippen molar-refractivity contribution < 1.29 is 8.42 Å². The molecule has 0 atom stereocenters. The molecule has 0 fully saturated rings. The van der Waals surface area contributed by atoms with Gasteiger partial charge in [0.1, 0.15) is 0 Å². The van der Waals surface area contributed by atoms with Gasteiger partial charge in [0.05, 0.1) is 15.9 Å². The second kappa shape index (κ2) is 7.98. The van der Waals surface area contributed by atoms with E-state index < -0.39 is 10.0 Å². The Bertz CT molecular complexity index is 1410. The minimum atomic E-state index is -3.66. The van der Waals surface area contributed by atoms with Crippen LogP contribution in [0.3, 0.4) is 0 Å². The fraction of sp³-hybridized carbons (Fsp3) is 0.0435. The van der Waals surface area contributed by atoms with Crippen molar-refractivity contribution in [2.45, 2.75) is 11.4 Å². The molecular weight excluding hydrogens is 428 g/mol. The van der Waals surface area contributed by atoms with Crippen molar-refractivity contribution in [1.29, 1.82) is 0 Å². The van der Waals surface area contributed by atoms with Gasteiger partial charge in [0.15, 0.2) is 5.13 Å². The lowest BCUT2D eigenvalue weighted by Crippen LogP contribution is -2.12. The van der Waals surface area contributed by atoms with Crippen LogP contribution in [-0.4, -0.2) is 18.4 Å². The Morgan fingerprint density at radius 1 is 0.839 bits per heavy atom. The van der Waals surface area contributed by atoms with Crippen LogP contribution in [0.25, 0.3) is 21.8 Å². The number of fused-ring (bicyclic) bond motifs is 2. The van der Waals surface area contributed by atoms with Crippen LogP contribution in [0.15, 0.2) is 89.3 Å². The second-order valence-electron chi connectivity index (χ2n) is 6.95. The lowest BCUT2D eigenvalue weighted by molar-refractivity contribution is 0.601. The number of hydrogen-bond donors (Lipinski definition) is 2. The minimum absolute atomic E-state index is 0.188. The van der Waals surface area contributed by atoms with Crippen LogP contribution in [-0.2, 0) is 16.6 Å². The predicted octanol–water partition coefficient (Wildman–Crippen LogP) is 5.26. The minimum Gasteiger partial charge on any atom is -0.381 e. The summed E-state index contributed by atoms with van der Waals surface area (Å²) in [5.74, 6) is 0. The third-order valence-corrected chi connectivity index (χ3v) is 7.16. The highest BCUT2D eigenvalue weighted by molar-refractivity contribution is 7.93. The molecule has 0 unspecified atom stereocenters. The standard InChI is InChI=1S/C23H18N4O2S2/c28-31(29,27-23-24-13-14-30-23)17-11-9-16(10-12-17)25-15-20-18-5-1-3-7-21(18)26-22-8-4-2-6-19(20)22/h1-14,25H,15H2,(H,24,27). The molecule has 0 aliphatic carbocycles. The normalized spacial score (nSPS) is 11.6. The van der Waals surface area contributed by atoms with E-state index in [9.17, 15) is 8.42 Å². The summed E-state index contributed by atoms with van der Waals surface area (Å²) in [5.41, 5.74) is 3.89. The van der Waals surface area contributed by atoms with Gasteiger partial charge >= 0.3 is 0 Å². The fourth-order valence-corrected chi connectivity index (χ4v) is 5.30. The Balaban J connectivity index is 1.41. The number of sulfonamides is 1. The first-order valence-electron chi connectivity index (χ1n) is 9.63. The summed E-state index contributed by atoms with van der Waals surface area (Å²) in [6.07, 6.45) is 1.56. The van der Waals surface area contributed by atoms with Gasteiger partial charge in [-0.15, -0.1) is 11.3 Å². The number of aromatic nitrogens is 2. The van der Waals surface area contributed by atoms with Gasteiger partial charge in [-0.05, 0) is 42.0 Å². The van der Waals surface area contributed by atoms with E-state index in [1.165, 1.54) is 11.3 Å². The number of hydrogen-bond acceptors (Lipinski definition) is 6. The maximum Gasteiger partial charge on any atom is 0.263 e. The smallest absolute Gasteiger partial charge is 0.263 e. The largest absolute Gasteiger partial charge is 0.381 e. The van der Waals surface area contributed by atoms with Crippen LogP contribution in [0.4, 0.5) is 10.8 Å². The number of thiazole rings is 1. The van der Waals surface area contributed by atoms with E-state index in [4.69, 9.17) is 4.98 Å². The first kappa shape index (κ1) is 19.5. The van der Waals surface area contributed by atoms with E-state index in [1.807, 2.05) is 36.4 Å². The first-order valence-corrected chi connectivity index (χ1v) is 12.0. The van der Waals surface area contributed by atoms with Crippen LogP contribution in [0.1, 0.15) is 5.56 Å². The maximum absolute atomic E-state index is 12.5. The number of rotatable bonds is 6. The summed E-state index contributed by atoms with van der Waals surface area (Å²) in [6.45, 7) is 0.590. The van der Waals surface area contributed by atoms with Gasteiger partial charge in [-0.25, -0.2) is 18.4 Å². The van der Waals surface area contributed by atoms with Gasteiger partial charge in [-0.3, -0.25) is 4.72 Å². The zero-order valence-corrected chi connectivity index (χ0v) is 18.0. The van der Waals surface area contributed by atoms with Crippen LogP contribution >= 0.6 is 11.3 Å². The topological polar surface area (TPSA) is 84.0 Å². The zero-order valence-electron chi connectivity index (χ0n) is 16.3. The highest BCUT2D eigenvalue weighted by atomic mass is 32.2. The number of benzene rings is 3. The summed E-state index contributed by atoms with van der Waals surface area (Å²) in [4.78, 5) is 8.91. The summed E-state index contributed by atoms with van der Waals surface area (Å²) in [6, 6.07) is 22.9. The van der Waals surface area contributed by atoms with E-state index in [0.717, 1.165) is 33.1 Å². The molecule has 5 aromatic rings. The van der Waals surface area contributed by atoms with Gasteiger partial charge in [-0.2, -0.15) is 0 Å². The van der Waals surface area contributed by atoms with Gasteiger partial charge in [-0.1, -0.05) is 36.4 Å². The van der Waals surface area contributed by atoms with Crippen molar-refractivity contribution in [3.05, 3.63) is 89.9 Å². The SMILES string of the molecule is O=S(=O)(Nc1nccs1)c1ccc(NCc2c3ccccc3nc3ccccc23)cc1. The third kappa shape index (κ3) is 3.95. The van der Waals surface area contributed by atoms with Gasteiger partial charge in [0, 0.05) is 34.6 Å². The molecule has 0 bridgehead atoms.